The van der Waals surface area contributed by atoms with Gasteiger partial charge in [0.2, 0.25) is 5.17 Å². The van der Waals surface area contributed by atoms with Crippen LogP contribution in [0.25, 0.3) is 6.08 Å². The van der Waals surface area contributed by atoms with Crippen molar-refractivity contribution in [2.45, 2.75) is 17.8 Å². The molecule has 1 amide bonds. The number of aliphatic imine (C=N–C) groups is 1. The average Bonchev–Trinajstić information content (AvgIpc) is 3.56. The number of para-hydroxylation sites is 1. The average molecular weight is 479 g/mol. The number of aryl methyl sites for hydroxylation is 1. The molecule has 10 heteroatoms. The SMILES string of the molecule is Cc1ccccc1OCC1=NN2C(=N)/C(=C\c3ccc(SCc4ccco4)o3)C(=O)N=C2S1. The number of nitrogens with zero attached hydrogens (tertiary/aromatic N) is 3. The molecule has 0 atom stereocenters. The van der Waals surface area contributed by atoms with Gasteiger partial charge in [0.05, 0.1) is 17.6 Å². The second-order valence-corrected chi connectivity index (χ2v) is 9.11. The number of rotatable bonds is 7. The summed E-state index contributed by atoms with van der Waals surface area (Å²) in [6.45, 7) is 2.19. The van der Waals surface area contributed by atoms with Gasteiger partial charge in [-0.15, -0.1) is 0 Å². The summed E-state index contributed by atoms with van der Waals surface area (Å²) in [5.41, 5.74) is 1.13. The Labute approximate surface area is 197 Å². The van der Waals surface area contributed by atoms with Crippen molar-refractivity contribution in [2.24, 2.45) is 10.1 Å². The van der Waals surface area contributed by atoms with Crippen LogP contribution in [0.1, 0.15) is 17.1 Å². The van der Waals surface area contributed by atoms with Crippen molar-refractivity contribution in [3.63, 3.8) is 0 Å². The van der Waals surface area contributed by atoms with Gasteiger partial charge in [-0.25, -0.2) is 0 Å². The monoisotopic (exact) mass is 478 g/mol. The van der Waals surface area contributed by atoms with E-state index in [0.29, 0.717) is 26.8 Å². The molecule has 2 aromatic heterocycles. The van der Waals surface area contributed by atoms with E-state index in [9.17, 15) is 4.79 Å². The van der Waals surface area contributed by atoms with E-state index >= 15 is 0 Å². The number of hydrogen-bond donors (Lipinski definition) is 1. The van der Waals surface area contributed by atoms with Gasteiger partial charge >= 0.3 is 0 Å². The van der Waals surface area contributed by atoms with Crippen molar-refractivity contribution in [3.05, 3.63) is 77.5 Å². The number of benzene rings is 1. The van der Waals surface area contributed by atoms with E-state index in [0.717, 1.165) is 17.1 Å². The number of amides is 1. The Morgan fingerprint density at radius 1 is 1.21 bits per heavy atom. The van der Waals surface area contributed by atoms with Crippen molar-refractivity contribution in [2.75, 3.05) is 6.61 Å². The number of ether oxygens (including phenoxy) is 1. The van der Waals surface area contributed by atoms with Crippen LogP contribution in [0, 0.1) is 12.3 Å². The van der Waals surface area contributed by atoms with Gasteiger partial charge in [-0.1, -0.05) is 30.0 Å². The highest BCUT2D eigenvalue weighted by Gasteiger charge is 2.36. The highest BCUT2D eigenvalue weighted by molar-refractivity contribution is 8.27. The molecular weight excluding hydrogens is 460 g/mol. The standard InChI is InChI=1S/C23H18N4O4S2/c1-14-5-2-3-7-18(14)30-12-19-26-27-21(24)17(22(28)25-23(27)33-19)11-15-8-9-20(31-15)32-13-16-6-4-10-29-16/h2-11,24H,12-13H2,1H3/b17-11+,24-21?. The van der Waals surface area contributed by atoms with Gasteiger partial charge in [0, 0.05) is 0 Å². The Morgan fingerprint density at radius 2 is 2.09 bits per heavy atom. The Hall–Kier alpha value is -3.50. The summed E-state index contributed by atoms with van der Waals surface area (Å²) in [6, 6.07) is 15.0. The molecule has 4 heterocycles. The predicted molar refractivity (Wildman–Crippen MR) is 129 cm³/mol. The minimum absolute atomic E-state index is 0.0513. The predicted octanol–water partition coefficient (Wildman–Crippen LogP) is 5.17. The summed E-state index contributed by atoms with van der Waals surface area (Å²) in [4.78, 5) is 16.7. The zero-order chi connectivity index (χ0) is 22.8. The lowest BCUT2D eigenvalue weighted by Crippen LogP contribution is -2.35. The van der Waals surface area contributed by atoms with Crippen molar-refractivity contribution < 1.29 is 18.4 Å². The molecule has 0 aliphatic carbocycles. The maximum atomic E-state index is 12.6. The van der Waals surface area contributed by atoms with E-state index in [1.807, 2.05) is 49.4 Å². The third-order valence-corrected chi connectivity index (χ3v) is 6.58. The normalized spacial score (nSPS) is 16.8. The molecule has 2 aliphatic heterocycles. The summed E-state index contributed by atoms with van der Waals surface area (Å²) in [6.07, 6.45) is 3.15. The third-order valence-electron chi connectivity index (χ3n) is 4.77. The molecule has 8 nitrogen and oxygen atoms in total. The molecule has 1 aromatic carbocycles. The first-order valence-corrected chi connectivity index (χ1v) is 11.8. The number of amidine groups is 2. The maximum absolute atomic E-state index is 12.6. The maximum Gasteiger partial charge on any atom is 0.283 e. The molecule has 0 fully saturated rings. The molecule has 0 spiro atoms. The van der Waals surface area contributed by atoms with Crippen LogP contribution < -0.4 is 4.74 Å². The summed E-state index contributed by atoms with van der Waals surface area (Å²) < 4.78 is 16.9. The molecule has 0 radical (unpaired) electrons. The Kier molecular flexibility index (Phi) is 5.93. The van der Waals surface area contributed by atoms with Crippen LogP contribution in [-0.4, -0.2) is 33.6 Å². The fourth-order valence-electron chi connectivity index (χ4n) is 3.12. The zero-order valence-electron chi connectivity index (χ0n) is 17.5. The molecule has 5 rings (SSSR count). The van der Waals surface area contributed by atoms with Gasteiger partial charge in [-0.2, -0.15) is 15.1 Å². The van der Waals surface area contributed by atoms with E-state index in [1.54, 1.807) is 12.3 Å². The van der Waals surface area contributed by atoms with Gasteiger partial charge in [0.1, 0.15) is 28.9 Å². The van der Waals surface area contributed by atoms with E-state index in [4.69, 9.17) is 19.0 Å². The van der Waals surface area contributed by atoms with Crippen molar-refractivity contribution in [3.8, 4) is 5.75 Å². The summed E-state index contributed by atoms with van der Waals surface area (Å²) >= 11 is 2.70. The highest BCUT2D eigenvalue weighted by Crippen LogP contribution is 2.30. The molecule has 0 saturated carbocycles. The van der Waals surface area contributed by atoms with Crippen molar-refractivity contribution in [1.29, 1.82) is 5.41 Å². The molecule has 2 aliphatic rings. The first-order chi connectivity index (χ1) is 16.1. The third kappa shape index (κ3) is 4.67. The molecule has 166 valence electrons. The lowest BCUT2D eigenvalue weighted by atomic mass is 10.1. The molecule has 0 saturated heterocycles. The largest absolute Gasteiger partial charge is 0.486 e. The molecule has 33 heavy (non-hydrogen) atoms. The number of nitrogens with one attached hydrogen (secondary N) is 1. The summed E-state index contributed by atoms with van der Waals surface area (Å²) in [5, 5.41) is 15.9. The number of furan rings is 2. The number of thioether (sulfide) groups is 2. The first-order valence-electron chi connectivity index (χ1n) is 9.99. The minimum atomic E-state index is -0.504. The van der Waals surface area contributed by atoms with Crippen LogP contribution in [0.3, 0.4) is 0 Å². The van der Waals surface area contributed by atoms with Gasteiger partial charge in [0.25, 0.3) is 5.91 Å². The van der Waals surface area contributed by atoms with Crippen LogP contribution in [0.5, 0.6) is 5.75 Å². The summed E-state index contributed by atoms with van der Waals surface area (Å²) in [7, 11) is 0. The van der Waals surface area contributed by atoms with E-state index < -0.39 is 5.91 Å². The van der Waals surface area contributed by atoms with Gasteiger partial charge in [-0.05, 0) is 60.7 Å². The number of hydrogen-bond acceptors (Lipinski definition) is 8. The fraction of sp³-hybridized carbons (Fsp3) is 0.130. The van der Waals surface area contributed by atoms with E-state index in [1.165, 1.54) is 34.6 Å². The number of carbonyl (C=O) groups excluding carboxylic acids is 1. The van der Waals surface area contributed by atoms with Crippen LogP contribution in [0.2, 0.25) is 0 Å². The lowest BCUT2D eigenvalue weighted by molar-refractivity contribution is -0.114. The molecular formula is C23H18N4O4S2. The lowest BCUT2D eigenvalue weighted by Gasteiger charge is -2.19. The van der Waals surface area contributed by atoms with Crippen LogP contribution in [0.15, 0.2) is 84.4 Å². The number of fused-ring (bicyclic) bond motifs is 1. The summed E-state index contributed by atoms with van der Waals surface area (Å²) in [5.74, 6) is 2.14. The molecule has 0 unspecified atom stereocenters. The molecule has 1 N–H and O–H groups in total. The van der Waals surface area contributed by atoms with E-state index in [-0.39, 0.29) is 18.0 Å². The number of carbonyl (C=O) groups is 1. The first kappa shape index (κ1) is 21.4. The second kappa shape index (κ2) is 9.16. The minimum Gasteiger partial charge on any atom is -0.486 e. The highest BCUT2D eigenvalue weighted by atomic mass is 32.2. The van der Waals surface area contributed by atoms with Crippen molar-refractivity contribution >= 4 is 51.6 Å². The van der Waals surface area contributed by atoms with Crippen LogP contribution in [0.4, 0.5) is 0 Å². The van der Waals surface area contributed by atoms with Gasteiger partial charge in [-0.3, -0.25) is 10.2 Å². The Bertz CT molecular complexity index is 1310. The zero-order valence-corrected chi connectivity index (χ0v) is 19.1. The fourth-order valence-corrected chi connectivity index (χ4v) is 4.68. The van der Waals surface area contributed by atoms with Gasteiger partial charge in [0.15, 0.2) is 10.9 Å². The molecule has 0 bridgehead atoms. The number of hydrazone groups is 1. The van der Waals surface area contributed by atoms with Crippen LogP contribution >= 0.6 is 23.5 Å². The molecule has 3 aromatic rings. The topological polar surface area (TPSA) is 104 Å². The second-order valence-electron chi connectivity index (χ2n) is 7.09. The Morgan fingerprint density at radius 3 is 2.91 bits per heavy atom. The van der Waals surface area contributed by atoms with E-state index in [2.05, 4.69) is 10.1 Å². The quantitative estimate of drug-likeness (QED) is 0.369. The van der Waals surface area contributed by atoms with Crippen molar-refractivity contribution in [1.82, 2.24) is 5.01 Å². The van der Waals surface area contributed by atoms with Crippen LogP contribution in [-0.2, 0) is 10.5 Å². The van der Waals surface area contributed by atoms with Gasteiger partial charge < -0.3 is 13.6 Å². The smallest absolute Gasteiger partial charge is 0.283 e. The Balaban J connectivity index is 1.27.